The van der Waals surface area contributed by atoms with Crippen LogP contribution in [0.4, 0.5) is 13.2 Å². The Morgan fingerprint density at radius 2 is 1.62 bits per heavy atom. The fraction of sp³-hybridized carbons (Fsp3) is 0.294. The minimum Gasteiger partial charge on any atom is -0.310 e. The highest BCUT2D eigenvalue weighted by atomic mass is 19.2. The van der Waals surface area contributed by atoms with Gasteiger partial charge in [-0.15, -0.1) is 0 Å². The summed E-state index contributed by atoms with van der Waals surface area (Å²) in [5.41, 5.74) is 1.89. The highest BCUT2D eigenvalue weighted by Gasteiger charge is 2.29. The van der Waals surface area contributed by atoms with Crippen LogP contribution in [0.15, 0.2) is 42.5 Å². The van der Waals surface area contributed by atoms with Crippen molar-refractivity contribution < 1.29 is 13.2 Å². The average molecular weight is 291 g/mol. The van der Waals surface area contributed by atoms with Gasteiger partial charge in [0.15, 0.2) is 11.6 Å². The summed E-state index contributed by atoms with van der Waals surface area (Å²) in [7, 11) is 0. The summed E-state index contributed by atoms with van der Waals surface area (Å²) in [4.78, 5) is 0. The third kappa shape index (κ3) is 3.27. The first-order valence-electron chi connectivity index (χ1n) is 7.04. The molecular weight excluding hydrogens is 275 g/mol. The molecule has 0 spiro atoms. The first-order chi connectivity index (χ1) is 10.1. The summed E-state index contributed by atoms with van der Waals surface area (Å²) < 4.78 is 38.8. The van der Waals surface area contributed by atoms with E-state index in [0.29, 0.717) is 18.5 Å². The molecule has 0 aromatic heterocycles. The Hall–Kier alpha value is -1.81. The van der Waals surface area contributed by atoms with Crippen molar-refractivity contribution in [1.82, 2.24) is 5.32 Å². The fourth-order valence-electron chi connectivity index (χ4n) is 2.70. The summed E-state index contributed by atoms with van der Waals surface area (Å²) >= 11 is 0. The molecule has 21 heavy (non-hydrogen) atoms. The molecular formula is C17H16F3N. The number of halogens is 3. The molecule has 0 bridgehead atoms. The maximum Gasteiger partial charge on any atom is 0.159 e. The zero-order chi connectivity index (χ0) is 14.8. The molecule has 4 heteroatoms. The molecule has 1 N–H and O–H groups in total. The molecule has 1 fully saturated rings. The van der Waals surface area contributed by atoms with Gasteiger partial charge in [0, 0.05) is 12.6 Å². The number of rotatable bonds is 4. The Balaban J connectivity index is 1.48. The first kappa shape index (κ1) is 14.1. The lowest BCUT2D eigenvalue weighted by atomic mass is 9.76. The molecule has 0 amide bonds. The Kier molecular flexibility index (Phi) is 3.97. The van der Waals surface area contributed by atoms with Crippen molar-refractivity contribution in [3.05, 3.63) is 71.0 Å². The van der Waals surface area contributed by atoms with Gasteiger partial charge in [0.25, 0.3) is 0 Å². The van der Waals surface area contributed by atoms with Crippen molar-refractivity contribution >= 4 is 0 Å². The van der Waals surface area contributed by atoms with Gasteiger partial charge in [-0.1, -0.05) is 18.2 Å². The summed E-state index contributed by atoms with van der Waals surface area (Å²) in [6.45, 7) is 0.526. The minimum atomic E-state index is -0.821. The third-order valence-corrected chi connectivity index (χ3v) is 4.06. The molecule has 1 saturated carbocycles. The fourth-order valence-corrected chi connectivity index (χ4v) is 2.70. The number of benzene rings is 2. The molecule has 0 unspecified atom stereocenters. The van der Waals surface area contributed by atoms with Crippen molar-refractivity contribution in [1.29, 1.82) is 0 Å². The van der Waals surface area contributed by atoms with E-state index in [2.05, 4.69) is 5.32 Å². The minimum absolute atomic E-state index is 0.217. The van der Waals surface area contributed by atoms with E-state index < -0.39 is 11.6 Å². The lowest BCUT2D eigenvalue weighted by Gasteiger charge is -2.36. The maximum absolute atomic E-state index is 13.1. The van der Waals surface area contributed by atoms with Crippen LogP contribution >= 0.6 is 0 Å². The van der Waals surface area contributed by atoms with Crippen molar-refractivity contribution in [2.45, 2.75) is 31.3 Å². The molecule has 3 rings (SSSR count). The maximum atomic E-state index is 13.1. The lowest BCUT2D eigenvalue weighted by molar-refractivity contribution is 0.289. The highest BCUT2D eigenvalue weighted by molar-refractivity contribution is 5.24. The van der Waals surface area contributed by atoms with Crippen LogP contribution in [0.25, 0.3) is 0 Å². The van der Waals surface area contributed by atoms with Gasteiger partial charge in [-0.25, -0.2) is 13.2 Å². The lowest BCUT2D eigenvalue weighted by Crippen LogP contribution is -2.39. The highest BCUT2D eigenvalue weighted by Crippen LogP contribution is 2.36. The zero-order valence-electron chi connectivity index (χ0n) is 11.5. The molecule has 1 aliphatic rings. The summed E-state index contributed by atoms with van der Waals surface area (Å²) in [6, 6.07) is 10.9. The van der Waals surface area contributed by atoms with Gasteiger partial charge in [-0.05, 0) is 54.2 Å². The Morgan fingerprint density at radius 3 is 2.29 bits per heavy atom. The van der Waals surface area contributed by atoms with E-state index in [1.165, 1.54) is 18.2 Å². The van der Waals surface area contributed by atoms with E-state index >= 15 is 0 Å². The van der Waals surface area contributed by atoms with Crippen LogP contribution in [0.5, 0.6) is 0 Å². The molecule has 2 aromatic carbocycles. The number of hydrogen-bond donors (Lipinski definition) is 1. The van der Waals surface area contributed by atoms with Gasteiger partial charge in [-0.3, -0.25) is 0 Å². The molecule has 0 radical (unpaired) electrons. The van der Waals surface area contributed by atoms with Crippen LogP contribution in [-0.4, -0.2) is 6.04 Å². The standard InChI is InChI=1S/C17H16F3N/c18-14-4-2-12(3-5-14)13-8-15(9-13)21-10-11-1-6-16(19)17(20)7-11/h1-7,13,15,21H,8-10H2. The van der Waals surface area contributed by atoms with Gasteiger partial charge in [0.05, 0.1) is 0 Å². The van der Waals surface area contributed by atoms with Crippen LogP contribution in [0, 0.1) is 17.5 Å². The second kappa shape index (κ2) is 5.90. The normalized spacial score (nSPS) is 21.1. The quantitative estimate of drug-likeness (QED) is 0.892. The Bertz CT molecular complexity index is 618. The summed E-state index contributed by atoms with van der Waals surface area (Å²) in [5, 5.41) is 3.33. The van der Waals surface area contributed by atoms with Gasteiger partial charge in [-0.2, -0.15) is 0 Å². The topological polar surface area (TPSA) is 12.0 Å². The zero-order valence-corrected chi connectivity index (χ0v) is 11.5. The van der Waals surface area contributed by atoms with Crippen molar-refractivity contribution in [2.75, 3.05) is 0 Å². The first-order valence-corrected chi connectivity index (χ1v) is 7.04. The predicted octanol–water partition coefficient (Wildman–Crippen LogP) is 4.14. The van der Waals surface area contributed by atoms with E-state index in [-0.39, 0.29) is 5.82 Å². The smallest absolute Gasteiger partial charge is 0.159 e. The monoisotopic (exact) mass is 291 g/mol. The molecule has 110 valence electrons. The number of hydrogen-bond acceptors (Lipinski definition) is 1. The molecule has 1 aliphatic carbocycles. The second-order valence-corrected chi connectivity index (χ2v) is 5.55. The largest absolute Gasteiger partial charge is 0.310 e. The predicted molar refractivity (Wildman–Crippen MR) is 75.4 cm³/mol. The Labute approximate surface area is 121 Å². The van der Waals surface area contributed by atoms with Crippen LogP contribution in [0.3, 0.4) is 0 Å². The van der Waals surface area contributed by atoms with Crippen LogP contribution in [0.1, 0.15) is 29.9 Å². The number of nitrogens with one attached hydrogen (secondary N) is 1. The second-order valence-electron chi connectivity index (χ2n) is 5.55. The molecule has 0 aliphatic heterocycles. The molecule has 0 heterocycles. The molecule has 0 saturated heterocycles. The van der Waals surface area contributed by atoms with E-state index in [1.54, 1.807) is 6.07 Å². The molecule has 2 aromatic rings. The van der Waals surface area contributed by atoms with Gasteiger partial charge in [0.1, 0.15) is 5.82 Å². The molecule has 1 nitrogen and oxygen atoms in total. The third-order valence-electron chi connectivity index (χ3n) is 4.06. The van der Waals surface area contributed by atoms with Crippen molar-refractivity contribution in [3.63, 3.8) is 0 Å². The summed E-state index contributed by atoms with van der Waals surface area (Å²) in [5.74, 6) is -1.40. The van der Waals surface area contributed by atoms with Crippen LogP contribution < -0.4 is 5.32 Å². The molecule has 0 atom stereocenters. The van der Waals surface area contributed by atoms with E-state index in [0.717, 1.165) is 30.0 Å². The Morgan fingerprint density at radius 1 is 0.905 bits per heavy atom. The van der Waals surface area contributed by atoms with E-state index in [4.69, 9.17) is 0 Å². The summed E-state index contributed by atoms with van der Waals surface area (Å²) in [6.07, 6.45) is 1.96. The van der Waals surface area contributed by atoms with E-state index in [9.17, 15) is 13.2 Å². The SMILES string of the molecule is Fc1ccc(C2CC(NCc3ccc(F)c(F)c3)C2)cc1. The van der Waals surface area contributed by atoms with Crippen molar-refractivity contribution in [2.24, 2.45) is 0 Å². The van der Waals surface area contributed by atoms with Gasteiger partial charge in [0.2, 0.25) is 0 Å². The average Bonchev–Trinajstić information content (AvgIpc) is 2.43. The van der Waals surface area contributed by atoms with Crippen LogP contribution in [-0.2, 0) is 6.54 Å². The van der Waals surface area contributed by atoms with Crippen LogP contribution in [0.2, 0.25) is 0 Å². The van der Waals surface area contributed by atoms with Gasteiger partial charge < -0.3 is 5.32 Å². The van der Waals surface area contributed by atoms with E-state index in [1.807, 2.05) is 12.1 Å². The van der Waals surface area contributed by atoms with Crippen molar-refractivity contribution in [3.8, 4) is 0 Å². The van der Waals surface area contributed by atoms with Gasteiger partial charge >= 0.3 is 0 Å².